The Morgan fingerprint density at radius 1 is 1.31 bits per heavy atom. The summed E-state index contributed by atoms with van der Waals surface area (Å²) in [6, 6.07) is 0. The average molecular weight is 365 g/mol. The van der Waals surface area contributed by atoms with E-state index in [1.807, 2.05) is 20.8 Å². The SMILES string of the molecule is C=C(C)[C@H](C)C[C@H](C)CC[C@@H]1O[C@@H](CCCOC(=O)C(C)(C)C)CC1=C. The third-order valence-electron chi connectivity index (χ3n) is 5.34. The summed E-state index contributed by atoms with van der Waals surface area (Å²) >= 11 is 0. The maximum absolute atomic E-state index is 11.8. The molecule has 1 fully saturated rings. The van der Waals surface area contributed by atoms with Gasteiger partial charge in [0.05, 0.1) is 24.2 Å². The molecule has 1 heterocycles. The van der Waals surface area contributed by atoms with E-state index in [1.54, 1.807) is 0 Å². The van der Waals surface area contributed by atoms with Crippen molar-refractivity contribution in [1.29, 1.82) is 0 Å². The fourth-order valence-corrected chi connectivity index (χ4v) is 3.29. The van der Waals surface area contributed by atoms with E-state index >= 15 is 0 Å². The minimum absolute atomic E-state index is 0.134. The van der Waals surface area contributed by atoms with Crippen molar-refractivity contribution in [2.45, 2.75) is 92.3 Å². The van der Waals surface area contributed by atoms with Gasteiger partial charge in [-0.25, -0.2) is 0 Å². The van der Waals surface area contributed by atoms with Gasteiger partial charge in [-0.05, 0) is 83.6 Å². The summed E-state index contributed by atoms with van der Waals surface area (Å²) in [4.78, 5) is 11.8. The second-order valence-electron chi connectivity index (χ2n) is 9.30. The number of hydrogen-bond acceptors (Lipinski definition) is 3. The molecule has 1 aliphatic heterocycles. The van der Waals surface area contributed by atoms with Crippen molar-refractivity contribution in [2.24, 2.45) is 17.3 Å². The largest absolute Gasteiger partial charge is 0.465 e. The van der Waals surface area contributed by atoms with Gasteiger partial charge in [0.25, 0.3) is 0 Å². The van der Waals surface area contributed by atoms with Crippen molar-refractivity contribution >= 4 is 5.97 Å². The van der Waals surface area contributed by atoms with Crippen molar-refractivity contribution in [2.75, 3.05) is 6.61 Å². The summed E-state index contributed by atoms with van der Waals surface area (Å²) in [5, 5.41) is 0. The van der Waals surface area contributed by atoms with Crippen LogP contribution in [0.15, 0.2) is 24.3 Å². The lowest BCUT2D eigenvalue weighted by Gasteiger charge is -2.20. The van der Waals surface area contributed by atoms with Gasteiger partial charge in [-0.3, -0.25) is 4.79 Å². The van der Waals surface area contributed by atoms with Crippen molar-refractivity contribution in [1.82, 2.24) is 0 Å². The number of allylic oxidation sites excluding steroid dienone is 1. The predicted molar refractivity (Wildman–Crippen MR) is 109 cm³/mol. The van der Waals surface area contributed by atoms with Crippen LogP contribution >= 0.6 is 0 Å². The summed E-state index contributed by atoms with van der Waals surface area (Å²) in [5.74, 6) is 1.13. The van der Waals surface area contributed by atoms with Gasteiger partial charge in [-0.2, -0.15) is 0 Å². The van der Waals surface area contributed by atoms with E-state index in [2.05, 4.69) is 33.9 Å². The molecule has 0 amide bonds. The third-order valence-corrected chi connectivity index (χ3v) is 5.34. The van der Waals surface area contributed by atoms with Crippen LogP contribution in [0, 0.1) is 17.3 Å². The molecule has 3 nitrogen and oxygen atoms in total. The molecule has 4 atom stereocenters. The number of carbonyl (C=O) groups is 1. The molecule has 0 aromatic rings. The van der Waals surface area contributed by atoms with Crippen LogP contribution in [-0.4, -0.2) is 24.8 Å². The van der Waals surface area contributed by atoms with Gasteiger partial charge in [0, 0.05) is 0 Å². The molecular formula is C23H40O3. The summed E-state index contributed by atoms with van der Waals surface area (Å²) in [6.45, 7) is 21.1. The van der Waals surface area contributed by atoms with Gasteiger partial charge < -0.3 is 9.47 Å². The Balaban J connectivity index is 2.25. The van der Waals surface area contributed by atoms with Gasteiger partial charge in [0.15, 0.2) is 0 Å². The smallest absolute Gasteiger partial charge is 0.311 e. The minimum Gasteiger partial charge on any atom is -0.465 e. The molecule has 0 radical (unpaired) electrons. The molecule has 0 bridgehead atoms. The van der Waals surface area contributed by atoms with Crippen LogP contribution in [0.3, 0.4) is 0 Å². The van der Waals surface area contributed by atoms with Gasteiger partial charge in [0.1, 0.15) is 0 Å². The molecule has 150 valence electrons. The van der Waals surface area contributed by atoms with Crippen LogP contribution < -0.4 is 0 Å². The van der Waals surface area contributed by atoms with Gasteiger partial charge in [0.2, 0.25) is 0 Å². The van der Waals surface area contributed by atoms with E-state index in [4.69, 9.17) is 9.47 Å². The van der Waals surface area contributed by atoms with Crippen molar-refractivity contribution in [3.8, 4) is 0 Å². The lowest BCUT2D eigenvalue weighted by atomic mass is 9.88. The van der Waals surface area contributed by atoms with E-state index in [-0.39, 0.29) is 18.2 Å². The van der Waals surface area contributed by atoms with Crippen LogP contribution in [0.4, 0.5) is 0 Å². The predicted octanol–water partition coefficient (Wildman–Crippen LogP) is 6.09. The van der Waals surface area contributed by atoms with Crippen molar-refractivity contribution in [3.05, 3.63) is 24.3 Å². The van der Waals surface area contributed by atoms with Crippen LogP contribution in [-0.2, 0) is 14.3 Å². The second-order valence-corrected chi connectivity index (χ2v) is 9.30. The quantitative estimate of drug-likeness (QED) is 0.267. The zero-order chi connectivity index (χ0) is 19.9. The van der Waals surface area contributed by atoms with Crippen LogP contribution in [0.2, 0.25) is 0 Å². The molecule has 3 heteroatoms. The van der Waals surface area contributed by atoms with Crippen molar-refractivity contribution in [3.63, 3.8) is 0 Å². The lowest BCUT2D eigenvalue weighted by Crippen LogP contribution is -2.23. The zero-order valence-corrected chi connectivity index (χ0v) is 17.9. The second kappa shape index (κ2) is 10.3. The molecule has 0 aliphatic carbocycles. The maximum Gasteiger partial charge on any atom is 0.311 e. The maximum atomic E-state index is 11.8. The van der Waals surface area contributed by atoms with E-state index in [0.29, 0.717) is 18.4 Å². The van der Waals surface area contributed by atoms with Gasteiger partial charge in [-0.1, -0.05) is 32.6 Å². The molecule has 0 aromatic heterocycles. The minimum atomic E-state index is -0.429. The first-order chi connectivity index (χ1) is 12.0. The molecule has 26 heavy (non-hydrogen) atoms. The monoisotopic (exact) mass is 364 g/mol. The first kappa shape index (κ1) is 23.0. The van der Waals surface area contributed by atoms with E-state index < -0.39 is 5.41 Å². The summed E-state index contributed by atoms with van der Waals surface area (Å²) in [6.07, 6.45) is 6.54. The van der Waals surface area contributed by atoms with Gasteiger partial charge in [-0.15, -0.1) is 0 Å². The summed E-state index contributed by atoms with van der Waals surface area (Å²) in [5.41, 5.74) is 2.06. The zero-order valence-electron chi connectivity index (χ0n) is 17.9. The first-order valence-electron chi connectivity index (χ1n) is 10.2. The number of ether oxygens (including phenoxy) is 2. The Morgan fingerprint density at radius 3 is 2.54 bits per heavy atom. The number of esters is 1. The highest BCUT2D eigenvalue weighted by Gasteiger charge is 2.29. The molecular weight excluding hydrogens is 324 g/mol. The van der Waals surface area contributed by atoms with Crippen LogP contribution in [0.1, 0.15) is 80.1 Å². The molecule has 1 aliphatic rings. The number of rotatable bonds is 10. The number of hydrogen-bond donors (Lipinski definition) is 0. The molecule has 0 unspecified atom stereocenters. The average Bonchev–Trinajstić information content (AvgIpc) is 2.88. The Morgan fingerprint density at radius 2 is 1.96 bits per heavy atom. The standard InChI is InChI=1S/C23H40O3/c1-16(2)18(4)14-17(3)11-12-21-19(5)15-20(26-21)10-9-13-25-22(24)23(6,7)8/h17-18,20-21H,1,5,9-15H2,2-4,6-8H3/t17-,18-,20+,21+/m1/s1. The van der Waals surface area contributed by atoms with Crippen molar-refractivity contribution < 1.29 is 14.3 Å². The van der Waals surface area contributed by atoms with E-state index in [9.17, 15) is 4.79 Å². The Bertz CT molecular complexity index is 486. The first-order valence-corrected chi connectivity index (χ1v) is 10.2. The molecule has 0 aromatic carbocycles. The van der Waals surface area contributed by atoms with Crippen LogP contribution in [0.25, 0.3) is 0 Å². The highest BCUT2D eigenvalue weighted by atomic mass is 16.5. The Kier molecular flexibility index (Phi) is 9.09. The fraction of sp³-hybridized carbons (Fsp3) is 0.783. The summed E-state index contributed by atoms with van der Waals surface area (Å²) < 4.78 is 11.5. The fourth-order valence-electron chi connectivity index (χ4n) is 3.29. The highest BCUT2D eigenvalue weighted by molar-refractivity contribution is 5.75. The molecule has 1 rings (SSSR count). The highest BCUT2D eigenvalue weighted by Crippen LogP contribution is 2.32. The van der Waals surface area contributed by atoms with Crippen LogP contribution in [0.5, 0.6) is 0 Å². The van der Waals surface area contributed by atoms with Gasteiger partial charge >= 0.3 is 5.97 Å². The molecule has 0 N–H and O–H groups in total. The van der Waals surface area contributed by atoms with E-state index in [1.165, 1.54) is 17.6 Å². The molecule has 0 saturated carbocycles. The Hall–Kier alpha value is -1.09. The lowest BCUT2D eigenvalue weighted by molar-refractivity contribution is -0.153. The molecule has 0 spiro atoms. The topological polar surface area (TPSA) is 35.5 Å². The number of carbonyl (C=O) groups excluding carboxylic acids is 1. The normalized spacial score (nSPS) is 22.9. The molecule has 1 saturated heterocycles. The summed E-state index contributed by atoms with van der Waals surface area (Å²) in [7, 11) is 0. The van der Waals surface area contributed by atoms with E-state index in [0.717, 1.165) is 32.1 Å². The third kappa shape index (κ3) is 8.07. The Labute approximate surface area is 161 Å².